The lowest BCUT2D eigenvalue weighted by Crippen LogP contribution is -2.26. The first-order valence-corrected chi connectivity index (χ1v) is 8.26. The van der Waals surface area contributed by atoms with Crippen molar-refractivity contribution >= 4 is 39.1 Å². The second-order valence-electron chi connectivity index (χ2n) is 4.68. The van der Waals surface area contributed by atoms with Crippen LogP contribution in [0.5, 0.6) is 5.75 Å². The Morgan fingerprint density at radius 2 is 2.00 bits per heavy atom. The molecule has 0 aliphatic carbocycles. The molecule has 2 aromatic carbocycles. The van der Waals surface area contributed by atoms with Gasteiger partial charge in [-0.25, -0.2) is 5.43 Å². The van der Waals surface area contributed by atoms with Gasteiger partial charge in [-0.2, -0.15) is 5.10 Å². The molecule has 0 atom stereocenters. The number of hydrogen-bond donors (Lipinski definition) is 1. The van der Waals surface area contributed by atoms with Crippen molar-refractivity contribution in [3.63, 3.8) is 0 Å². The van der Waals surface area contributed by atoms with E-state index in [0.29, 0.717) is 17.2 Å². The normalized spacial score (nSPS) is 11.2. The molecule has 0 saturated heterocycles. The Balaban J connectivity index is 1.92. The number of nitrogens with one attached hydrogen (secondary N) is 1. The average molecular weight is 396 g/mol. The fraction of sp³-hybridized carbons (Fsp3) is 0.176. The molecule has 1 amide bonds. The molecule has 120 valence electrons. The minimum Gasteiger partial charge on any atom is -0.482 e. The SMILES string of the molecule is CC/C(=N\NC(=O)COc1ccc(Br)cc1Cl)c1ccccc1. The minimum absolute atomic E-state index is 0.156. The number of benzene rings is 2. The first kappa shape index (κ1) is 17.5. The van der Waals surface area contributed by atoms with Crippen LogP contribution in [0.15, 0.2) is 58.1 Å². The topological polar surface area (TPSA) is 50.7 Å². The zero-order chi connectivity index (χ0) is 16.7. The summed E-state index contributed by atoms with van der Waals surface area (Å²) in [6.07, 6.45) is 0.712. The van der Waals surface area contributed by atoms with Gasteiger partial charge in [0.1, 0.15) is 5.75 Å². The van der Waals surface area contributed by atoms with Gasteiger partial charge in [0.25, 0.3) is 5.91 Å². The molecule has 0 saturated carbocycles. The molecule has 23 heavy (non-hydrogen) atoms. The van der Waals surface area contributed by atoms with E-state index in [2.05, 4.69) is 26.5 Å². The molecule has 2 rings (SSSR count). The first-order valence-electron chi connectivity index (χ1n) is 7.09. The van der Waals surface area contributed by atoms with E-state index in [4.69, 9.17) is 16.3 Å². The third-order valence-electron chi connectivity index (χ3n) is 3.01. The first-order chi connectivity index (χ1) is 11.1. The van der Waals surface area contributed by atoms with Crippen molar-refractivity contribution in [3.05, 3.63) is 63.6 Å². The molecule has 4 nitrogen and oxygen atoms in total. The highest BCUT2D eigenvalue weighted by Crippen LogP contribution is 2.27. The second kappa shape index (κ2) is 8.70. The lowest BCUT2D eigenvalue weighted by atomic mass is 10.1. The summed E-state index contributed by atoms with van der Waals surface area (Å²) in [7, 11) is 0. The molecule has 1 N–H and O–H groups in total. The van der Waals surface area contributed by atoms with Crippen LogP contribution in [0.2, 0.25) is 5.02 Å². The number of carbonyl (C=O) groups excluding carboxylic acids is 1. The quantitative estimate of drug-likeness (QED) is 0.582. The molecule has 0 aromatic heterocycles. The number of hydrazone groups is 1. The van der Waals surface area contributed by atoms with Crippen molar-refractivity contribution < 1.29 is 9.53 Å². The fourth-order valence-corrected chi connectivity index (χ4v) is 2.60. The molecular formula is C17H16BrClN2O2. The molecule has 0 unspecified atom stereocenters. The van der Waals surface area contributed by atoms with E-state index in [9.17, 15) is 4.79 Å². The summed E-state index contributed by atoms with van der Waals surface area (Å²) in [6.45, 7) is 1.83. The van der Waals surface area contributed by atoms with Crippen molar-refractivity contribution in [2.75, 3.05) is 6.61 Å². The summed E-state index contributed by atoms with van der Waals surface area (Å²) in [4.78, 5) is 11.9. The maximum atomic E-state index is 11.9. The zero-order valence-electron chi connectivity index (χ0n) is 12.6. The van der Waals surface area contributed by atoms with Gasteiger partial charge in [-0.05, 0) is 30.2 Å². The number of halogens is 2. The molecule has 0 aliphatic heterocycles. The van der Waals surface area contributed by atoms with Gasteiger partial charge in [-0.15, -0.1) is 0 Å². The molecule has 0 fully saturated rings. The predicted molar refractivity (Wildman–Crippen MR) is 96.1 cm³/mol. The number of ether oxygens (including phenoxy) is 1. The predicted octanol–water partition coefficient (Wildman–Crippen LogP) is 4.41. The van der Waals surface area contributed by atoms with Crippen molar-refractivity contribution in [1.82, 2.24) is 5.43 Å². The molecule has 0 radical (unpaired) electrons. The third-order valence-corrected chi connectivity index (χ3v) is 3.80. The van der Waals surface area contributed by atoms with Crippen LogP contribution >= 0.6 is 27.5 Å². The van der Waals surface area contributed by atoms with Crippen LogP contribution in [-0.2, 0) is 4.79 Å². The lowest BCUT2D eigenvalue weighted by Gasteiger charge is -2.08. The molecule has 0 spiro atoms. The summed E-state index contributed by atoms with van der Waals surface area (Å²) in [5, 5.41) is 4.60. The van der Waals surface area contributed by atoms with E-state index in [1.807, 2.05) is 37.3 Å². The summed E-state index contributed by atoms with van der Waals surface area (Å²) in [6, 6.07) is 14.9. The van der Waals surface area contributed by atoms with Gasteiger partial charge >= 0.3 is 0 Å². The number of amides is 1. The summed E-state index contributed by atoms with van der Waals surface area (Å²) in [5.41, 5.74) is 4.29. The third kappa shape index (κ3) is 5.37. The van der Waals surface area contributed by atoms with Crippen LogP contribution in [0.3, 0.4) is 0 Å². The van der Waals surface area contributed by atoms with Crippen LogP contribution in [0.4, 0.5) is 0 Å². The van der Waals surface area contributed by atoms with Crippen molar-refractivity contribution in [1.29, 1.82) is 0 Å². The van der Waals surface area contributed by atoms with E-state index in [-0.39, 0.29) is 12.5 Å². The summed E-state index contributed by atoms with van der Waals surface area (Å²) < 4.78 is 6.24. The zero-order valence-corrected chi connectivity index (χ0v) is 14.9. The molecular weight excluding hydrogens is 380 g/mol. The maximum absolute atomic E-state index is 11.9. The summed E-state index contributed by atoms with van der Waals surface area (Å²) in [5.74, 6) is 0.110. The van der Waals surface area contributed by atoms with E-state index in [1.165, 1.54) is 0 Å². The number of carbonyl (C=O) groups is 1. The lowest BCUT2D eigenvalue weighted by molar-refractivity contribution is -0.123. The van der Waals surface area contributed by atoms with E-state index < -0.39 is 0 Å². The van der Waals surface area contributed by atoms with Crippen molar-refractivity contribution in [2.24, 2.45) is 5.10 Å². The Kier molecular flexibility index (Phi) is 6.62. The van der Waals surface area contributed by atoms with Gasteiger partial charge in [0.05, 0.1) is 10.7 Å². The van der Waals surface area contributed by atoms with Crippen LogP contribution < -0.4 is 10.2 Å². The Morgan fingerprint density at radius 1 is 1.26 bits per heavy atom. The van der Waals surface area contributed by atoms with Gasteiger partial charge in [-0.1, -0.05) is 64.8 Å². The smallest absolute Gasteiger partial charge is 0.277 e. The Hall–Kier alpha value is -1.85. The van der Waals surface area contributed by atoms with Crippen molar-refractivity contribution in [3.8, 4) is 5.75 Å². The number of rotatable bonds is 6. The van der Waals surface area contributed by atoms with Crippen molar-refractivity contribution in [2.45, 2.75) is 13.3 Å². The highest BCUT2D eigenvalue weighted by atomic mass is 79.9. The number of nitrogens with zero attached hydrogens (tertiary/aromatic N) is 1. The highest BCUT2D eigenvalue weighted by Gasteiger charge is 2.07. The van der Waals surface area contributed by atoms with Gasteiger partial charge in [0.2, 0.25) is 0 Å². The summed E-state index contributed by atoms with van der Waals surface area (Å²) >= 11 is 9.34. The highest BCUT2D eigenvalue weighted by molar-refractivity contribution is 9.10. The van der Waals surface area contributed by atoms with Crippen LogP contribution in [0.25, 0.3) is 0 Å². The van der Waals surface area contributed by atoms with Crippen LogP contribution in [0, 0.1) is 0 Å². The van der Waals surface area contributed by atoms with E-state index in [1.54, 1.807) is 18.2 Å². The molecule has 6 heteroatoms. The van der Waals surface area contributed by atoms with Gasteiger partial charge in [0.15, 0.2) is 6.61 Å². The monoisotopic (exact) mass is 394 g/mol. The van der Waals surface area contributed by atoms with Gasteiger partial charge < -0.3 is 4.74 Å². The number of hydrogen-bond acceptors (Lipinski definition) is 3. The molecule has 0 heterocycles. The second-order valence-corrected chi connectivity index (χ2v) is 6.00. The average Bonchev–Trinajstić information content (AvgIpc) is 2.55. The van der Waals surface area contributed by atoms with Crippen LogP contribution in [-0.4, -0.2) is 18.2 Å². The minimum atomic E-state index is -0.342. The van der Waals surface area contributed by atoms with Crippen LogP contribution in [0.1, 0.15) is 18.9 Å². The molecule has 2 aromatic rings. The molecule has 0 bridgehead atoms. The molecule has 0 aliphatic rings. The Bertz CT molecular complexity index is 705. The Morgan fingerprint density at radius 3 is 2.65 bits per heavy atom. The Labute approximate surface area is 148 Å². The van der Waals surface area contributed by atoms with Gasteiger partial charge in [-0.3, -0.25) is 4.79 Å². The van der Waals surface area contributed by atoms with E-state index >= 15 is 0 Å². The fourth-order valence-electron chi connectivity index (χ4n) is 1.88. The maximum Gasteiger partial charge on any atom is 0.277 e. The largest absolute Gasteiger partial charge is 0.482 e. The van der Waals surface area contributed by atoms with E-state index in [0.717, 1.165) is 15.7 Å². The standard InChI is InChI=1S/C17H16BrClN2O2/c1-2-15(12-6-4-3-5-7-12)20-21-17(22)11-23-16-9-8-13(18)10-14(16)19/h3-10H,2,11H2,1H3,(H,21,22)/b20-15+. The van der Waals surface area contributed by atoms with Gasteiger partial charge in [0, 0.05) is 4.47 Å².